The maximum absolute atomic E-state index is 14.9. The monoisotopic (exact) mass is 819 g/mol. The van der Waals surface area contributed by atoms with Crippen LogP contribution in [0.25, 0.3) is 10.9 Å². The minimum Gasteiger partial charge on any atom is -0.496 e. The van der Waals surface area contributed by atoms with Crippen LogP contribution < -0.4 is 24.8 Å². The average molecular weight is 820 g/mol. The van der Waals surface area contributed by atoms with E-state index in [0.29, 0.717) is 55.5 Å². The van der Waals surface area contributed by atoms with Crippen LogP contribution in [-0.4, -0.2) is 91.4 Å². The van der Waals surface area contributed by atoms with Gasteiger partial charge in [0.2, 0.25) is 21.8 Å². The molecule has 3 N–H and O–H groups in total. The van der Waals surface area contributed by atoms with Crippen molar-refractivity contribution in [3.63, 3.8) is 0 Å². The molecule has 1 aromatic heterocycles. The number of carbonyl (C=O) groups is 4. The molecule has 4 bridgehead atoms. The molecule has 2 aromatic rings. The van der Waals surface area contributed by atoms with Crippen molar-refractivity contribution >= 4 is 44.7 Å². The largest absolute Gasteiger partial charge is 0.496 e. The van der Waals surface area contributed by atoms with Gasteiger partial charge in [0.15, 0.2) is 0 Å². The predicted octanol–water partition coefficient (Wildman–Crippen LogP) is 5.03. The number of rotatable bonds is 10. The number of sulfonamides is 1. The zero-order valence-electron chi connectivity index (χ0n) is 33.8. The molecular formula is C43H57N5O9S. The summed E-state index contributed by atoms with van der Waals surface area (Å²) in [7, 11) is -2.28. The van der Waals surface area contributed by atoms with Gasteiger partial charge >= 0.3 is 6.09 Å². The topological polar surface area (TPSA) is 182 Å². The van der Waals surface area contributed by atoms with Crippen LogP contribution >= 0.6 is 0 Å². The molecule has 3 heterocycles. The first-order chi connectivity index (χ1) is 27.7. The molecule has 2 aliphatic heterocycles. The number of methoxy groups -OCH3 is 1. The van der Waals surface area contributed by atoms with E-state index < -0.39 is 68.7 Å². The third kappa shape index (κ3) is 8.84. The fourth-order valence-electron chi connectivity index (χ4n) is 8.92. The van der Waals surface area contributed by atoms with Gasteiger partial charge in [-0.15, -0.1) is 13.2 Å². The number of amides is 4. The molecule has 7 rings (SSSR count). The second-order valence-electron chi connectivity index (χ2n) is 17.6. The molecule has 58 heavy (non-hydrogen) atoms. The minimum absolute atomic E-state index is 0.00760. The highest BCUT2D eigenvalue weighted by atomic mass is 32.2. The number of nitrogens with one attached hydrogen (secondary N) is 3. The molecule has 5 aliphatic rings. The van der Waals surface area contributed by atoms with E-state index in [-0.39, 0.29) is 37.3 Å². The zero-order chi connectivity index (χ0) is 41.4. The number of ether oxygens (including phenoxy) is 3. The van der Waals surface area contributed by atoms with Crippen LogP contribution in [0.5, 0.6) is 11.5 Å². The van der Waals surface area contributed by atoms with Crippen molar-refractivity contribution < 1.29 is 41.8 Å². The van der Waals surface area contributed by atoms with Gasteiger partial charge in [0.25, 0.3) is 5.91 Å². The zero-order valence-corrected chi connectivity index (χ0v) is 34.7. The Morgan fingerprint density at radius 3 is 2.52 bits per heavy atom. The molecule has 0 radical (unpaired) electrons. The lowest BCUT2D eigenvalue weighted by atomic mass is 9.83. The van der Waals surface area contributed by atoms with Crippen LogP contribution in [-0.2, 0) is 42.0 Å². The number of hydrogen-bond acceptors (Lipinski definition) is 10. The molecule has 1 saturated heterocycles. The second kappa shape index (κ2) is 16.5. The smallest absolute Gasteiger partial charge is 0.407 e. The molecule has 3 saturated carbocycles. The normalized spacial score (nSPS) is 27.9. The van der Waals surface area contributed by atoms with Gasteiger partial charge in [0.05, 0.1) is 31.0 Å². The standard InChI is InChI=1S/C43H57N5O9S/c1-6-12-29-20-36-32-19-27(35(55-5)22-33(32)44-29)15-11-18-42(3,4)25-56-41(52)45-37(26-13-9-8-10-14-26)39(50)48-24-30(57-36)21-34(48)38(49)46-43(23-28(43)7-2)40(51)47-58(53,54)31-16-17-31/h6-7,19-20,22,26,28,30-31,34,37H,1-2,8-18,21,23-25H2,3-5H3,(H,45,52)(H,46,49)(H,47,51)/t28-,30+,34-,37-,43-/m0/s1. The van der Waals surface area contributed by atoms with Gasteiger partial charge in [-0.3, -0.25) is 24.1 Å². The number of pyridine rings is 1. The Hall–Kier alpha value is -4.66. The Labute approximate surface area is 340 Å². The lowest BCUT2D eigenvalue weighted by molar-refractivity contribution is -0.142. The van der Waals surface area contributed by atoms with Crippen molar-refractivity contribution in [3.05, 3.63) is 54.8 Å². The van der Waals surface area contributed by atoms with Crippen molar-refractivity contribution in [3.8, 4) is 11.5 Å². The van der Waals surface area contributed by atoms with Crippen molar-refractivity contribution in [1.29, 1.82) is 0 Å². The number of aromatic nitrogens is 1. The number of cyclic esters (lactones) is 1. The molecule has 4 fully saturated rings. The Bertz CT molecular complexity index is 2080. The molecular weight excluding hydrogens is 763 g/mol. The van der Waals surface area contributed by atoms with E-state index in [1.54, 1.807) is 13.2 Å². The van der Waals surface area contributed by atoms with Crippen molar-refractivity contribution in [2.24, 2.45) is 17.3 Å². The third-order valence-electron chi connectivity index (χ3n) is 12.5. The Morgan fingerprint density at radius 2 is 1.84 bits per heavy atom. The molecule has 0 spiro atoms. The number of nitrogens with zero attached hydrogens (tertiary/aromatic N) is 2. The Morgan fingerprint density at radius 1 is 1.09 bits per heavy atom. The number of allylic oxidation sites excluding steroid dienone is 1. The van der Waals surface area contributed by atoms with Crippen molar-refractivity contribution in [1.82, 2.24) is 25.2 Å². The first-order valence-corrected chi connectivity index (χ1v) is 22.2. The molecule has 4 amide bonds. The number of fused-ring (bicyclic) bond motifs is 3. The van der Waals surface area contributed by atoms with Gasteiger partial charge in [-0.05, 0) is 74.3 Å². The van der Waals surface area contributed by atoms with E-state index in [2.05, 4.69) is 28.5 Å². The second-order valence-corrected chi connectivity index (χ2v) is 19.5. The van der Waals surface area contributed by atoms with Gasteiger partial charge < -0.3 is 29.7 Å². The van der Waals surface area contributed by atoms with Crippen LogP contribution in [0.2, 0.25) is 0 Å². The predicted molar refractivity (Wildman–Crippen MR) is 218 cm³/mol. The fourth-order valence-corrected chi connectivity index (χ4v) is 10.3. The SMILES string of the molecule is C=CCc1cc2c3cc(c(OC)cc3n1)CCCC(C)(C)COC(=O)N[C@@H](C1CCCCC1)C(=O)N1C[C@@H](C[C@H]1C(=O)N[C@@]1(C(=O)NS(=O)(=O)C3CC3)C[C@@H]1C=C)O2. The lowest BCUT2D eigenvalue weighted by Gasteiger charge is -2.35. The van der Waals surface area contributed by atoms with Crippen LogP contribution in [0.15, 0.2) is 43.5 Å². The number of carbonyl (C=O) groups excluding carboxylic acids is 4. The summed E-state index contributed by atoms with van der Waals surface area (Å²) >= 11 is 0. The summed E-state index contributed by atoms with van der Waals surface area (Å²) < 4.78 is 46.3. The lowest BCUT2D eigenvalue weighted by Crippen LogP contribution is -2.59. The van der Waals surface area contributed by atoms with Crippen LogP contribution in [0.1, 0.15) is 95.7 Å². The quantitative estimate of drug-likeness (QED) is 0.275. The average Bonchev–Trinajstić information content (AvgIpc) is 4.12. The van der Waals surface area contributed by atoms with E-state index in [9.17, 15) is 27.6 Å². The number of hydrogen-bond donors (Lipinski definition) is 3. The maximum Gasteiger partial charge on any atom is 0.407 e. The molecule has 14 nitrogen and oxygen atoms in total. The van der Waals surface area contributed by atoms with Gasteiger partial charge in [0, 0.05) is 42.0 Å². The summed E-state index contributed by atoms with van der Waals surface area (Å²) in [5.74, 6) is -1.37. The first-order valence-electron chi connectivity index (χ1n) is 20.7. The van der Waals surface area contributed by atoms with Crippen LogP contribution in [0, 0.1) is 17.3 Å². The highest BCUT2D eigenvalue weighted by Gasteiger charge is 2.62. The highest BCUT2D eigenvalue weighted by molar-refractivity contribution is 7.91. The molecule has 1 aromatic carbocycles. The molecule has 3 aliphatic carbocycles. The van der Waals surface area contributed by atoms with Gasteiger partial charge in [-0.25, -0.2) is 13.2 Å². The minimum atomic E-state index is -3.91. The van der Waals surface area contributed by atoms with Crippen molar-refractivity contribution in [2.45, 2.75) is 126 Å². The van der Waals surface area contributed by atoms with Gasteiger partial charge in [-0.2, -0.15) is 0 Å². The number of aryl methyl sites for hydroxylation is 1. The molecule has 15 heteroatoms. The fraction of sp³-hybridized carbons (Fsp3) is 0.605. The third-order valence-corrected chi connectivity index (χ3v) is 14.3. The van der Waals surface area contributed by atoms with E-state index in [0.717, 1.165) is 48.7 Å². The molecule has 314 valence electrons. The summed E-state index contributed by atoms with van der Waals surface area (Å²) in [5.41, 5.74) is 0.420. The van der Waals surface area contributed by atoms with E-state index >= 15 is 0 Å². The van der Waals surface area contributed by atoms with Crippen LogP contribution in [0.3, 0.4) is 0 Å². The first kappa shape index (κ1) is 41.5. The summed E-state index contributed by atoms with van der Waals surface area (Å²) in [5, 5.41) is 5.89. The maximum atomic E-state index is 14.9. The molecule has 5 atom stereocenters. The Balaban J connectivity index is 1.27. The van der Waals surface area contributed by atoms with E-state index in [4.69, 9.17) is 19.2 Å². The van der Waals surface area contributed by atoms with Crippen molar-refractivity contribution in [2.75, 3.05) is 20.3 Å². The van der Waals surface area contributed by atoms with Gasteiger partial charge in [-0.1, -0.05) is 45.3 Å². The molecule has 0 unspecified atom stereocenters. The summed E-state index contributed by atoms with van der Waals surface area (Å²) in [6, 6.07) is 3.70. The number of benzene rings is 1. The Kier molecular flexibility index (Phi) is 11.8. The number of alkyl carbamates (subject to hydrolysis) is 1. The van der Waals surface area contributed by atoms with E-state index in [1.807, 2.05) is 32.0 Å². The van der Waals surface area contributed by atoms with Gasteiger partial charge in [0.1, 0.15) is 35.2 Å². The summed E-state index contributed by atoms with van der Waals surface area (Å²) in [4.78, 5) is 63.0. The summed E-state index contributed by atoms with van der Waals surface area (Å²) in [6.45, 7) is 11.9. The van der Waals surface area contributed by atoms with Crippen LogP contribution in [0.4, 0.5) is 4.79 Å². The summed E-state index contributed by atoms with van der Waals surface area (Å²) in [6.07, 6.45) is 9.99. The highest BCUT2D eigenvalue weighted by Crippen LogP contribution is 2.46. The van der Waals surface area contributed by atoms with E-state index in [1.165, 1.54) is 11.0 Å².